The molecule has 1 saturated heterocycles. The number of halogens is 3. The second kappa shape index (κ2) is 9.70. The highest BCUT2D eigenvalue weighted by Gasteiger charge is 2.68. The number of phenols is 1. The highest BCUT2D eigenvalue weighted by molar-refractivity contribution is 6.33. The number of ketones is 3. The Morgan fingerprint density at radius 3 is 2.49 bits per heavy atom. The molecule has 222 valence electrons. The van der Waals surface area contributed by atoms with Crippen LogP contribution in [0.2, 0.25) is 0 Å². The molecule has 1 aliphatic heterocycles. The summed E-state index contributed by atoms with van der Waals surface area (Å²) in [4.78, 5) is 56.4. The van der Waals surface area contributed by atoms with E-state index >= 15 is 0 Å². The summed E-state index contributed by atoms with van der Waals surface area (Å²) in [5, 5.41) is 31.2. The van der Waals surface area contributed by atoms with Gasteiger partial charge < -0.3 is 21.4 Å². The highest BCUT2D eigenvalue weighted by atomic mass is 19.4. The number of carbonyl (C=O) groups excluding carboxylic acids is 4. The van der Waals surface area contributed by atoms with Crippen LogP contribution in [0.1, 0.15) is 59.3 Å². The number of likely N-dealkylation sites (N-methyl/N-ethyl adjacent to an activating group) is 1. The number of hydrogen-bond acceptors (Lipinski definition) is 9. The molecule has 2 saturated carbocycles. The lowest BCUT2D eigenvalue weighted by molar-refractivity contribution is -0.157. The second-order valence-electron chi connectivity index (χ2n) is 11.8. The van der Waals surface area contributed by atoms with Gasteiger partial charge in [-0.05, 0) is 76.0 Å². The van der Waals surface area contributed by atoms with Crippen molar-refractivity contribution < 1.29 is 42.6 Å². The molecular weight excluding hydrogens is 545 g/mol. The van der Waals surface area contributed by atoms with Crippen molar-refractivity contribution in [3.8, 4) is 5.75 Å². The standard InChI is InChI=1S/C28H33F3N4O6/c1-4-35-7-5-6-15(35)12-10-16(36)18-13(20(12)28(29,30)31)8-11-9-14-21(34(2)3)23(38)19(26(33)40)24(32)27(14,41)25(39)17(11)22(18)37/h10-11,14-15,17,19,21,32,36,41H,4-9H2,1-3H3,(H2,33,40). The average molecular weight is 579 g/mol. The predicted octanol–water partition coefficient (Wildman–Crippen LogP) is 1.49. The minimum atomic E-state index is -4.87. The number of hydrogen-bond donors (Lipinski definition) is 4. The summed E-state index contributed by atoms with van der Waals surface area (Å²) in [5.74, 6) is -10.9. The molecule has 0 radical (unpaired) electrons. The number of likely N-dealkylation sites (tertiary alicyclic amines) is 1. The van der Waals surface area contributed by atoms with Crippen molar-refractivity contribution >= 4 is 29.0 Å². The van der Waals surface area contributed by atoms with Gasteiger partial charge in [0.15, 0.2) is 23.0 Å². The van der Waals surface area contributed by atoms with Crippen LogP contribution in [0.3, 0.4) is 0 Å². The van der Waals surface area contributed by atoms with Crippen LogP contribution in [0.4, 0.5) is 13.2 Å². The van der Waals surface area contributed by atoms with Crippen molar-refractivity contribution in [1.82, 2.24) is 9.80 Å². The van der Waals surface area contributed by atoms with E-state index in [0.29, 0.717) is 25.9 Å². The van der Waals surface area contributed by atoms with Crippen molar-refractivity contribution in [2.75, 3.05) is 27.2 Å². The topological polar surface area (TPSA) is 165 Å². The van der Waals surface area contributed by atoms with Gasteiger partial charge in [-0.15, -0.1) is 0 Å². The fourth-order valence-corrected chi connectivity index (χ4v) is 7.92. The zero-order valence-corrected chi connectivity index (χ0v) is 22.9. The zero-order chi connectivity index (χ0) is 30.3. The van der Waals surface area contributed by atoms with Gasteiger partial charge in [-0.3, -0.25) is 29.0 Å². The first-order chi connectivity index (χ1) is 19.1. The predicted molar refractivity (Wildman–Crippen MR) is 138 cm³/mol. The maximum atomic E-state index is 14.8. The SMILES string of the molecule is CCN1CCCC1c1cc(O)c2c(c1C(F)(F)F)CC1CC3C(N(C)C)C(=O)C(C(N)=O)C(=N)C3(O)C(=O)C1C2=O. The Hall–Kier alpha value is -3.16. The average Bonchev–Trinajstić information content (AvgIpc) is 3.33. The van der Waals surface area contributed by atoms with Crippen LogP contribution in [0.5, 0.6) is 5.75 Å². The van der Waals surface area contributed by atoms with E-state index in [1.165, 1.54) is 19.0 Å². The third kappa shape index (κ3) is 4.07. The summed E-state index contributed by atoms with van der Waals surface area (Å²) >= 11 is 0. The first-order valence-corrected chi connectivity index (χ1v) is 13.7. The molecule has 1 heterocycles. The van der Waals surface area contributed by atoms with Gasteiger partial charge in [0.1, 0.15) is 11.7 Å². The van der Waals surface area contributed by atoms with E-state index in [2.05, 4.69) is 0 Å². The number of carbonyl (C=O) groups is 4. The fourth-order valence-electron chi connectivity index (χ4n) is 7.92. The Morgan fingerprint density at radius 2 is 1.93 bits per heavy atom. The summed E-state index contributed by atoms with van der Waals surface area (Å²) < 4.78 is 44.3. The van der Waals surface area contributed by atoms with Crippen LogP contribution >= 0.6 is 0 Å². The molecule has 7 atom stereocenters. The van der Waals surface area contributed by atoms with Gasteiger partial charge in [0.25, 0.3) is 0 Å². The number of nitrogens with two attached hydrogens (primary N) is 1. The van der Waals surface area contributed by atoms with Crippen LogP contribution in [-0.4, -0.2) is 87.8 Å². The number of amides is 1. The molecule has 1 aromatic rings. The molecule has 0 bridgehead atoms. The molecule has 0 aromatic heterocycles. The number of Topliss-reactive ketones (excluding diaryl/α,β-unsaturated/α-hetero) is 3. The smallest absolute Gasteiger partial charge is 0.417 e. The van der Waals surface area contributed by atoms with Gasteiger partial charge >= 0.3 is 6.18 Å². The van der Waals surface area contributed by atoms with Crippen LogP contribution in [0.15, 0.2) is 6.07 Å². The number of fused-ring (bicyclic) bond motifs is 3. The maximum absolute atomic E-state index is 14.8. The number of primary amides is 1. The number of aliphatic hydroxyl groups is 1. The fraction of sp³-hybridized carbons (Fsp3) is 0.607. The molecule has 5 N–H and O–H groups in total. The summed E-state index contributed by atoms with van der Waals surface area (Å²) in [6, 6.07) is -0.902. The van der Waals surface area contributed by atoms with E-state index < -0.39 is 105 Å². The van der Waals surface area contributed by atoms with Crippen molar-refractivity contribution in [2.24, 2.45) is 29.4 Å². The molecule has 1 amide bonds. The van der Waals surface area contributed by atoms with Gasteiger partial charge in [0.05, 0.1) is 28.8 Å². The second-order valence-corrected chi connectivity index (χ2v) is 11.8. The molecule has 0 spiro atoms. The Kier molecular flexibility index (Phi) is 6.94. The Labute approximate surface area is 234 Å². The first kappa shape index (κ1) is 29.3. The quantitative estimate of drug-likeness (QED) is 0.390. The molecule has 41 heavy (non-hydrogen) atoms. The minimum absolute atomic E-state index is 0.122. The monoisotopic (exact) mass is 578 g/mol. The summed E-state index contributed by atoms with van der Waals surface area (Å²) in [6.45, 7) is 2.92. The lowest BCUT2D eigenvalue weighted by Crippen LogP contribution is -2.73. The lowest BCUT2D eigenvalue weighted by atomic mass is 9.52. The number of phenolic OH excluding ortho intramolecular Hbond substituents is 1. The van der Waals surface area contributed by atoms with E-state index in [-0.39, 0.29) is 12.0 Å². The number of nitrogens with zero attached hydrogens (tertiary/aromatic N) is 2. The van der Waals surface area contributed by atoms with Crippen molar-refractivity contribution in [2.45, 2.75) is 56.5 Å². The lowest BCUT2D eigenvalue weighted by Gasteiger charge is -2.53. The molecular formula is C28H33F3N4O6. The maximum Gasteiger partial charge on any atom is 0.417 e. The van der Waals surface area contributed by atoms with Gasteiger partial charge in [0, 0.05) is 12.0 Å². The summed E-state index contributed by atoms with van der Waals surface area (Å²) in [5.41, 5.74) is -0.415. The third-order valence-corrected chi connectivity index (χ3v) is 9.57. The number of benzene rings is 1. The molecule has 3 fully saturated rings. The van der Waals surface area contributed by atoms with Crippen molar-refractivity contribution in [3.63, 3.8) is 0 Å². The first-order valence-electron chi connectivity index (χ1n) is 13.7. The van der Waals surface area contributed by atoms with Gasteiger partial charge in [-0.1, -0.05) is 6.92 Å². The van der Waals surface area contributed by atoms with Gasteiger partial charge in [-0.25, -0.2) is 0 Å². The Bertz CT molecular complexity index is 1380. The highest BCUT2D eigenvalue weighted by Crippen LogP contribution is 2.54. The molecule has 3 aliphatic carbocycles. The Morgan fingerprint density at radius 1 is 1.27 bits per heavy atom. The number of nitrogens with one attached hydrogen (secondary N) is 1. The molecule has 13 heteroatoms. The summed E-state index contributed by atoms with van der Waals surface area (Å²) in [6.07, 6.45) is -4.40. The van der Waals surface area contributed by atoms with Gasteiger partial charge in [0.2, 0.25) is 5.91 Å². The van der Waals surface area contributed by atoms with E-state index in [0.717, 1.165) is 6.07 Å². The zero-order valence-electron chi connectivity index (χ0n) is 22.9. The number of alkyl halides is 3. The number of aromatic hydroxyl groups is 1. The largest absolute Gasteiger partial charge is 0.507 e. The van der Waals surface area contributed by atoms with Crippen LogP contribution in [0.25, 0.3) is 0 Å². The van der Waals surface area contributed by atoms with Crippen LogP contribution < -0.4 is 5.73 Å². The number of rotatable bonds is 4. The molecule has 4 aliphatic rings. The van der Waals surface area contributed by atoms with E-state index in [1.54, 1.807) is 0 Å². The van der Waals surface area contributed by atoms with Crippen LogP contribution in [0, 0.1) is 29.1 Å². The molecule has 7 unspecified atom stereocenters. The normalized spacial score (nSPS) is 34.0. The molecule has 5 rings (SSSR count). The van der Waals surface area contributed by atoms with Crippen molar-refractivity contribution in [1.29, 1.82) is 5.41 Å². The molecule has 1 aromatic carbocycles. The molecule has 10 nitrogen and oxygen atoms in total. The van der Waals surface area contributed by atoms with Gasteiger partial charge in [-0.2, -0.15) is 13.2 Å². The van der Waals surface area contributed by atoms with E-state index in [1.807, 2.05) is 11.8 Å². The van der Waals surface area contributed by atoms with Crippen molar-refractivity contribution in [3.05, 3.63) is 28.3 Å². The third-order valence-electron chi connectivity index (χ3n) is 9.57. The Balaban J connectivity index is 1.68. The minimum Gasteiger partial charge on any atom is -0.507 e. The van der Waals surface area contributed by atoms with Crippen LogP contribution in [-0.2, 0) is 27.0 Å². The van der Waals surface area contributed by atoms with E-state index in [4.69, 9.17) is 11.1 Å². The van der Waals surface area contributed by atoms with E-state index in [9.17, 15) is 42.6 Å². The summed E-state index contributed by atoms with van der Waals surface area (Å²) in [7, 11) is 2.95.